The molecule has 2 N–H and O–H groups in total. The van der Waals surface area contributed by atoms with E-state index in [1.54, 1.807) is 49.6 Å². The van der Waals surface area contributed by atoms with Crippen LogP contribution in [-0.4, -0.2) is 28.0 Å². The van der Waals surface area contributed by atoms with Crippen LogP contribution in [0.3, 0.4) is 0 Å². The standard InChI is InChI=1S/C16H17BrN2O4S/c1-23-15-7-5-14(6-8-15)19-16(20)10-18-24(21,22)11-12-3-2-4-13(17)9-12/h2-9,18H,10-11H2,1H3,(H,19,20). The van der Waals surface area contributed by atoms with Gasteiger partial charge >= 0.3 is 0 Å². The third-order valence-electron chi connectivity index (χ3n) is 3.07. The summed E-state index contributed by atoms with van der Waals surface area (Å²) in [5, 5.41) is 2.61. The monoisotopic (exact) mass is 412 g/mol. The van der Waals surface area contributed by atoms with Crippen LogP contribution in [0.4, 0.5) is 5.69 Å². The van der Waals surface area contributed by atoms with Crippen molar-refractivity contribution >= 4 is 37.5 Å². The van der Waals surface area contributed by atoms with Crippen LogP contribution in [0, 0.1) is 0 Å². The van der Waals surface area contributed by atoms with Gasteiger partial charge in [-0.2, -0.15) is 0 Å². The van der Waals surface area contributed by atoms with Gasteiger partial charge in [0.25, 0.3) is 0 Å². The minimum atomic E-state index is -3.60. The van der Waals surface area contributed by atoms with E-state index in [0.29, 0.717) is 17.0 Å². The maximum absolute atomic E-state index is 12.0. The van der Waals surface area contributed by atoms with Gasteiger partial charge in [-0.25, -0.2) is 13.1 Å². The molecule has 0 radical (unpaired) electrons. The minimum absolute atomic E-state index is 0.192. The average molecular weight is 413 g/mol. The number of nitrogens with one attached hydrogen (secondary N) is 2. The Morgan fingerprint density at radius 2 is 1.88 bits per heavy atom. The lowest BCUT2D eigenvalue weighted by atomic mass is 10.2. The van der Waals surface area contributed by atoms with Crippen molar-refractivity contribution in [3.63, 3.8) is 0 Å². The SMILES string of the molecule is COc1ccc(NC(=O)CNS(=O)(=O)Cc2cccc(Br)c2)cc1. The number of hydrogen-bond acceptors (Lipinski definition) is 4. The Hall–Kier alpha value is -1.90. The normalized spacial score (nSPS) is 11.1. The summed E-state index contributed by atoms with van der Waals surface area (Å²) < 4.78 is 32.2. The minimum Gasteiger partial charge on any atom is -0.497 e. The van der Waals surface area contributed by atoms with Crippen molar-refractivity contribution in [3.05, 3.63) is 58.6 Å². The number of sulfonamides is 1. The third-order valence-corrected chi connectivity index (χ3v) is 4.86. The van der Waals surface area contributed by atoms with Gasteiger partial charge in [-0.15, -0.1) is 0 Å². The average Bonchev–Trinajstić information content (AvgIpc) is 2.53. The third kappa shape index (κ3) is 5.95. The molecular weight excluding hydrogens is 396 g/mol. The number of anilines is 1. The molecule has 0 heterocycles. The fraction of sp³-hybridized carbons (Fsp3) is 0.188. The molecule has 2 aromatic carbocycles. The van der Waals surface area contributed by atoms with E-state index in [4.69, 9.17) is 4.74 Å². The predicted molar refractivity (Wildman–Crippen MR) is 96.4 cm³/mol. The Kier molecular flexibility index (Phi) is 6.36. The molecule has 0 aliphatic rings. The Labute approximate surface area is 149 Å². The molecule has 0 aromatic heterocycles. The summed E-state index contributed by atoms with van der Waals surface area (Å²) in [5.74, 6) is 0.0307. The molecule has 6 nitrogen and oxygen atoms in total. The maximum atomic E-state index is 12.0. The van der Waals surface area contributed by atoms with Crippen LogP contribution in [0.25, 0.3) is 0 Å². The van der Waals surface area contributed by atoms with Crippen molar-refractivity contribution in [2.75, 3.05) is 19.0 Å². The number of halogens is 1. The van der Waals surface area contributed by atoms with Crippen molar-refractivity contribution < 1.29 is 17.9 Å². The lowest BCUT2D eigenvalue weighted by Crippen LogP contribution is -2.33. The largest absolute Gasteiger partial charge is 0.497 e. The summed E-state index contributed by atoms with van der Waals surface area (Å²) in [4.78, 5) is 11.8. The molecule has 128 valence electrons. The molecule has 0 atom stereocenters. The van der Waals surface area contributed by atoms with E-state index in [9.17, 15) is 13.2 Å². The van der Waals surface area contributed by atoms with Crippen molar-refractivity contribution in [1.29, 1.82) is 0 Å². The van der Waals surface area contributed by atoms with Gasteiger partial charge in [0, 0.05) is 10.2 Å². The number of ether oxygens (including phenoxy) is 1. The van der Waals surface area contributed by atoms with E-state index in [1.807, 2.05) is 6.07 Å². The van der Waals surface area contributed by atoms with Gasteiger partial charge in [-0.05, 0) is 42.0 Å². The second-order valence-electron chi connectivity index (χ2n) is 4.99. The molecule has 0 spiro atoms. The number of hydrogen-bond donors (Lipinski definition) is 2. The molecule has 0 bridgehead atoms. The fourth-order valence-corrected chi connectivity index (χ4v) is 3.47. The van der Waals surface area contributed by atoms with Crippen molar-refractivity contribution in [2.45, 2.75) is 5.75 Å². The smallest absolute Gasteiger partial charge is 0.239 e. The lowest BCUT2D eigenvalue weighted by molar-refractivity contribution is -0.115. The first-order chi connectivity index (χ1) is 11.4. The van der Waals surface area contributed by atoms with Crippen molar-refractivity contribution in [2.24, 2.45) is 0 Å². The quantitative estimate of drug-likeness (QED) is 0.731. The molecule has 0 saturated carbocycles. The Morgan fingerprint density at radius 3 is 2.50 bits per heavy atom. The number of amides is 1. The molecule has 2 rings (SSSR count). The summed E-state index contributed by atoms with van der Waals surface area (Å²) in [6.07, 6.45) is 0. The number of methoxy groups -OCH3 is 1. The molecule has 0 aliphatic heterocycles. The van der Waals surface area contributed by atoms with E-state index < -0.39 is 15.9 Å². The van der Waals surface area contributed by atoms with Crippen LogP contribution in [-0.2, 0) is 20.6 Å². The molecule has 24 heavy (non-hydrogen) atoms. The molecule has 0 aliphatic carbocycles. The summed E-state index contributed by atoms with van der Waals surface area (Å²) >= 11 is 3.29. The molecule has 0 fully saturated rings. The van der Waals surface area contributed by atoms with Crippen LogP contribution in [0.2, 0.25) is 0 Å². The highest BCUT2D eigenvalue weighted by atomic mass is 79.9. The summed E-state index contributed by atoms with van der Waals surface area (Å²) in [7, 11) is -2.05. The van der Waals surface area contributed by atoms with E-state index in [-0.39, 0.29) is 12.3 Å². The highest BCUT2D eigenvalue weighted by molar-refractivity contribution is 9.10. The zero-order chi connectivity index (χ0) is 17.6. The molecule has 8 heteroatoms. The summed E-state index contributed by atoms with van der Waals surface area (Å²) in [6.45, 7) is -0.331. The van der Waals surface area contributed by atoms with Gasteiger partial charge in [0.05, 0.1) is 19.4 Å². The molecule has 1 amide bonds. The van der Waals surface area contributed by atoms with Gasteiger partial charge in [-0.3, -0.25) is 4.79 Å². The first-order valence-electron chi connectivity index (χ1n) is 7.04. The molecule has 0 saturated heterocycles. The Bertz CT molecular complexity index is 807. The first-order valence-corrected chi connectivity index (χ1v) is 9.48. The van der Waals surface area contributed by atoms with E-state index >= 15 is 0 Å². The second kappa shape index (κ2) is 8.27. The van der Waals surface area contributed by atoms with Crippen LogP contribution < -0.4 is 14.8 Å². The zero-order valence-corrected chi connectivity index (χ0v) is 15.4. The number of rotatable bonds is 7. The van der Waals surface area contributed by atoms with Gasteiger partial charge in [0.2, 0.25) is 15.9 Å². The van der Waals surface area contributed by atoms with E-state index in [1.165, 1.54) is 0 Å². The number of carbonyl (C=O) groups is 1. The highest BCUT2D eigenvalue weighted by Gasteiger charge is 2.13. The van der Waals surface area contributed by atoms with Crippen molar-refractivity contribution in [3.8, 4) is 5.75 Å². The maximum Gasteiger partial charge on any atom is 0.239 e. The van der Waals surface area contributed by atoms with Crippen LogP contribution in [0.5, 0.6) is 5.75 Å². The predicted octanol–water partition coefficient (Wildman–Crippen LogP) is 2.52. The fourth-order valence-electron chi connectivity index (χ4n) is 1.95. The molecule has 0 unspecified atom stereocenters. The lowest BCUT2D eigenvalue weighted by Gasteiger charge is -2.09. The topological polar surface area (TPSA) is 84.5 Å². The van der Waals surface area contributed by atoms with Gasteiger partial charge in [0.1, 0.15) is 5.75 Å². The van der Waals surface area contributed by atoms with Gasteiger partial charge < -0.3 is 10.1 Å². The zero-order valence-electron chi connectivity index (χ0n) is 13.0. The van der Waals surface area contributed by atoms with E-state index in [2.05, 4.69) is 26.0 Å². The Balaban J connectivity index is 1.87. The number of benzene rings is 2. The van der Waals surface area contributed by atoms with Crippen LogP contribution in [0.15, 0.2) is 53.0 Å². The van der Waals surface area contributed by atoms with E-state index in [0.717, 1.165) is 4.47 Å². The first kappa shape index (κ1) is 18.4. The second-order valence-corrected chi connectivity index (χ2v) is 7.71. The van der Waals surface area contributed by atoms with Gasteiger partial charge in [-0.1, -0.05) is 28.1 Å². The van der Waals surface area contributed by atoms with Crippen LogP contribution in [0.1, 0.15) is 5.56 Å². The Morgan fingerprint density at radius 1 is 1.17 bits per heavy atom. The van der Waals surface area contributed by atoms with Crippen molar-refractivity contribution in [1.82, 2.24) is 4.72 Å². The number of carbonyl (C=O) groups excluding carboxylic acids is 1. The molecular formula is C16H17BrN2O4S. The highest BCUT2D eigenvalue weighted by Crippen LogP contribution is 2.15. The van der Waals surface area contributed by atoms with Crippen LogP contribution >= 0.6 is 15.9 Å². The summed E-state index contributed by atoms with van der Waals surface area (Å²) in [5.41, 5.74) is 1.19. The van der Waals surface area contributed by atoms with Gasteiger partial charge in [0.15, 0.2) is 0 Å². The molecule has 2 aromatic rings. The summed E-state index contributed by atoms with van der Waals surface area (Å²) in [6, 6.07) is 13.7.